The first kappa shape index (κ1) is 21.6. The molecule has 1 aliphatic rings. The van der Waals surface area contributed by atoms with Gasteiger partial charge in [0.1, 0.15) is 0 Å². The molecule has 31 heavy (non-hydrogen) atoms. The van der Waals surface area contributed by atoms with Crippen LogP contribution in [0.4, 0.5) is 11.4 Å². The van der Waals surface area contributed by atoms with E-state index < -0.39 is 0 Å². The Balaban J connectivity index is 1.37. The minimum Gasteiger partial charge on any atom is -0.378 e. The molecule has 3 aromatic rings. The molecular weight excluding hydrogens is 436 g/mol. The summed E-state index contributed by atoms with van der Waals surface area (Å²) in [5.74, 6) is 0.0171. The van der Waals surface area contributed by atoms with Crippen LogP contribution in [0, 0.1) is 13.8 Å². The number of benzene rings is 2. The number of nitrogens with one attached hydrogen (secondary N) is 1. The molecular formula is C21H23ClN6O2S. The number of carbonyl (C=O) groups is 1. The summed E-state index contributed by atoms with van der Waals surface area (Å²) in [4.78, 5) is 14.7. The van der Waals surface area contributed by atoms with Crippen molar-refractivity contribution in [1.82, 2.24) is 20.2 Å². The number of halogens is 1. The smallest absolute Gasteiger partial charge is 0.234 e. The van der Waals surface area contributed by atoms with Gasteiger partial charge in [-0.3, -0.25) is 4.79 Å². The first-order chi connectivity index (χ1) is 15.0. The van der Waals surface area contributed by atoms with Gasteiger partial charge in [0.2, 0.25) is 11.1 Å². The van der Waals surface area contributed by atoms with Crippen molar-refractivity contribution in [2.24, 2.45) is 0 Å². The van der Waals surface area contributed by atoms with Gasteiger partial charge in [0.15, 0.2) is 0 Å². The molecule has 10 heteroatoms. The molecule has 0 radical (unpaired) electrons. The summed E-state index contributed by atoms with van der Waals surface area (Å²) >= 11 is 7.72. The summed E-state index contributed by atoms with van der Waals surface area (Å²) in [6.07, 6.45) is 0. The number of anilines is 2. The lowest BCUT2D eigenvalue weighted by Gasteiger charge is -2.29. The Labute approximate surface area is 189 Å². The molecule has 0 spiro atoms. The Bertz CT molecular complexity index is 1080. The maximum Gasteiger partial charge on any atom is 0.234 e. The number of nitrogens with zero attached hydrogens (tertiary/aromatic N) is 5. The fourth-order valence-electron chi connectivity index (χ4n) is 3.26. The van der Waals surface area contributed by atoms with Gasteiger partial charge in [-0.1, -0.05) is 29.4 Å². The van der Waals surface area contributed by atoms with Crippen molar-refractivity contribution < 1.29 is 9.53 Å². The van der Waals surface area contributed by atoms with Gasteiger partial charge in [-0.15, -0.1) is 5.10 Å². The van der Waals surface area contributed by atoms with Gasteiger partial charge in [-0.05, 0) is 65.7 Å². The number of morpholine rings is 1. The summed E-state index contributed by atoms with van der Waals surface area (Å²) in [5.41, 5.74) is 4.82. The van der Waals surface area contributed by atoms with Crippen LogP contribution in [-0.2, 0) is 9.53 Å². The first-order valence-electron chi connectivity index (χ1n) is 9.92. The third-order valence-electron chi connectivity index (χ3n) is 5.09. The Hall–Kier alpha value is -2.62. The number of ether oxygens (including phenoxy) is 1. The lowest BCUT2D eigenvalue weighted by Crippen LogP contribution is -2.36. The normalized spacial score (nSPS) is 14.0. The third kappa shape index (κ3) is 5.17. The molecule has 0 saturated carbocycles. The van der Waals surface area contributed by atoms with Crippen molar-refractivity contribution in [3.8, 4) is 5.69 Å². The van der Waals surface area contributed by atoms with Gasteiger partial charge in [0.05, 0.1) is 35.4 Å². The summed E-state index contributed by atoms with van der Waals surface area (Å²) in [6.45, 7) is 7.08. The monoisotopic (exact) mass is 458 g/mol. The highest BCUT2D eigenvalue weighted by Gasteiger charge is 2.16. The molecule has 162 valence electrons. The Kier molecular flexibility index (Phi) is 6.74. The second-order valence-corrected chi connectivity index (χ2v) is 8.59. The van der Waals surface area contributed by atoms with Gasteiger partial charge in [0.25, 0.3) is 0 Å². The van der Waals surface area contributed by atoms with Crippen LogP contribution in [0.3, 0.4) is 0 Å². The summed E-state index contributed by atoms with van der Waals surface area (Å²) < 4.78 is 7.02. The molecule has 0 bridgehead atoms. The van der Waals surface area contributed by atoms with Gasteiger partial charge in [0, 0.05) is 18.8 Å². The molecule has 0 unspecified atom stereocenters. The minimum atomic E-state index is -0.158. The average Bonchev–Trinajstić information content (AvgIpc) is 3.24. The molecule has 1 amide bonds. The topological polar surface area (TPSA) is 85.2 Å². The number of hydrogen-bond donors (Lipinski definition) is 1. The zero-order valence-electron chi connectivity index (χ0n) is 17.3. The molecule has 2 heterocycles. The molecule has 8 nitrogen and oxygen atoms in total. The van der Waals surface area contributed by atoms with Gasteiger partial charge in [-0.2, -0.15) is 4.68 Å². The van der Waals surface area contributed by atoms with E-state index in [1.54, 1.807) is 10.7 Å². The van der Waals surface area contributed by atoms with Crippen molar-refractivity contribution in [3.63, 3.8) is 0 Å². The number of aryl methyl sites for hydroxylation is 2. The third-order valence-corrected chi connectivity index (χ3v) is 6.31. The number of thioether (sulfide) groups is 1. The number of hydrogen-bond acceptors (Lipinski definition) is 7. The molecule has 1 N–H and O–H groups in total. The molecule has 1 fully saturated rings. The van der Waals surface area contributed by atoms with E-state index in [9.17, 15) is 4.79 Å². The molecule has 1 aromatic heterocycles. The van der Waals surface area contributed by atoms with E-state index in [1.165, 1.54) is 17.3 Å². The van der Waals surface area contributed by atoms with Crippen LogP contribution >= 0.6 is 23.4 Å². The van der Waals surface area contributed by atoms with Crippen LogP contribution in [0.25, 0.3) is 5.69 Å². The van der Waals surface area contributed by atoms with Crippen molar-refractivity contribution in [2.45, 2.75) is 19.0 Å². The van der Waals surface area contributed by atoms with E-state index >= 15 is 0 Å². The van der Waals surface area contributed by atoms with Crippen LogP contribution < -0.4 is 10.2 Å². The lowest BCUT2D eigenvalue weighted by molar-refractivity contribution is -0.113. The van der Waals surface area contributed by atoms with Gasteiger partial charge < -0.3 is 15.0 Å². The molecule has 4 rings (SSSR count). The van der Waals surface area contributed by atoms with Crippen molar-refractivity contribution in [3.05, 3.63) is 52.5 Å². The molecule has 2 aromatic carbocycles. The molecule has 1 aliphatic heterocycles. The van der Waals surface area contributed by atoms with E-state index in [0.29, 0.717) is 29.1 Å². The summed E-state index contributed by atoms with van der Waals surface area (Å²) in [6, 6.07) is 11.6. The first-order valence-corrected chi connectivity index (χ1v) is 11.3. The average molecular weight is 459 g/mol. The number of carbonyl (C=O) groups excluding carboxylic acids is 1. The number of amides is 1. The maximum absolute atomic E-state index is 12.5. The van der Waals surface area contributed by atoms with Crippen LogP contribution in [0.1, 0.15) is 11.1 Å². The standard InChI is InChI=1S/C21H23ClN6O2S/c1-14-3-5-17(11-15(14)2)28-21(24-25-26-28)31-13-20(29)23-16-4-6-19(18(22)12-16)27-7-9-30-10-8-27/h3-6,11-12H,7-10,13H2,1-2H3,(H,23,29). The second-order valence-electron chi connectivity index (χ2n) is 7.24. The van der Waals surface area contributed by atoms with Gasteiger partial charge >= 0.3 is 0 Å². The van der Waals surface area contributed by atoms with Crippen molar-refractivity contribution in [1.29, 1.82) is 0 Å². The highest BCUT2D eigenvalue weighted by atomic mass is 35.5. The zero-order chi connectivity index (χ0) is 21.8. The number of tetrazole rings is 1. The van der Waals surface area contributed by atoms with E-state index in [-0.39, 0.29) is 11.7 Å². The number of rotatable bonds is 6. The Morgan fingerprint density at radius 3 is 2.71 bits per heavy atom. The Morgan fingerprint density at radius 2 is 1.97 bits per heavy atom. The van der Waals surface area contributed by atoms with Crippen LogP contribution in [0.2, 0.25) is 5.02 Å². The van der Waals surface area contributed by atoms with E-state index in [0.717, 1.165) is 30.0 Å². The predicted molar refractivity (Wildman–Crippen MR) is 122 cm³/mol. The molecule has 0 aliphatic carbocycles. The van der Waals surface area contributed by atoms with E-state index in [2.05, 4.69) is 32.7 Å². The largest absolute Gasteiger partial charge is 0.378 e. The SMILES string of the molecule is Cc1ccc(-n2nnnc2SCC(=O)Nc2ccc(N3CCOCC3)c(Cl)c2)cc1C. The lowest BCUT2D eigenvalue weighted by atomic mass is 10.1. The zero-order valence-corrected chi connectivity index (χ0v) is 18.9. The molecule has 1 saturated heterocycles. The minimum absolute atomic E-state index is 0.158. The number of aromatic nitrogens is 4. The fraction of sp³-hybridized carbons (Fsp3) is 0.333. The van der Waals surface area contributed by atoms with Gasteiger partial charge in [-0.25, -0.2) is 0 Å². The summed E-state index contributed by atoms with van der Waals surface area (Å²) in [7, 11) is 0. The van der Waals surface area contributed by atoms with E-state index in [1.807, 2.05) is 37.3 Å². The predicted octanol–water partition coefficient (Wildman–Crippen LogP) is 3.50. The highest BCUT2D eigenvalue weighted by molar-refractivity contribution is 7.99. The van der Waals surface area contributed by atoms with Crippen LogP contribution in [0.15, 0.2) is 41.6 Å². The maximum atomic E-state index is 12.5. The molecule has 0 atom stereocenters. The van der Waals surface area contributed by atoms with Crippen molar-refractivity contribution in [2.75, 3.05) is 42.3 Å². The highest BCUT2D eigenvalue weighted by Crippen LogP contribution is 2.29. The Morgan fingerprint density at radius 1 is 1.16 bits per heavy atom. The van der Waals surface area contributed by atoms with Crippen LogP contribution in [0.5, 0.6) is 0 Å². The van der Waals surface area contributed by atoms with E-state index in [4.69, 9.17) is 16.3 Å². The van der Waals surface area contributed by atoms with Crippen LogP contribution in [-0.4, -0.2) is 58.2 Å². The fourth-order valence-corrected chi connectivity index (χ4v) is 4.25. The quantitative estimate of drug-likeness (QED) is 0.566. The van der Waals surface area contributed by atoms with Crippen molar-refractivity contribution >= 4 is 40.6 Å². The summed E-state index contributed by atoms with van der Waals surface area (Å²) in [5, 5.41) is 15.9. The second kappa shape index (κ2) is 9.67.